The molecule has 0 unspecified atom stereocenters. The Labute approximate surface area is 79.0 Å². The fraction of sp³-hybridized carbons (Fsp3) is 0.222. The molecule has 0 fully saturated rings. The molecular weight excluding hydrogens is 188 g/mol. The second kappa shape index (κ2) is 2.80. The number of hydrogen-bond acceptors (Lipinski definition) is 5. The Kier molecular flexibility index (Phi) is 1.73. The molecule has 0 radical (unpaired) electrons. The van der Waals surface area contributed by atoms with Crippen molar-refractivity contribution in [3.05, 3.63) is 23.0 Å². The van der Waals surface area contributed by atoms with Crippen LogP contribution in [0.15, 0.2) is 23.0 Å². The van der Waals surface area contributed by atoms with E-state index >= 15 is 0 Å². The molecule has 0 saturated heterocycles. The molecule has 14 heavy (non-hydrogen) atoms. The van der Waals surface area contributed by atoms with Crippen molar-refractivity contribution >= 4 is 17.5 Å². The summed E-state index contributed by atoms with van der Waals surface area (Å²) in [6, 6.07) is 0. The van der Waals surface area contributed by atoms with E-state index in [0.29, 0.717) is 0 Å². The van der Waals surface area contributed by atoms with Crippen molar-refractivity contribution in [1.29, 1.82) is 0 Å². The molecule has 0 bridgehead atoms. The monoisotopic (exact) mass is 194 g/mol. The molecule has 72 valence electrons. The van der Waals surface area contributed by atoms with Gasteiger partial charge in [0.2, 0.25) is 5.78 Å². The maximum absolute atomic E-state index is 11.5. The Hall–Kier alpha value is -1.91. The van der Waals surface area contributed by atoms with E-state index in [1.807, 2.05) is 0 Å². The van der Waals surface area contributed by atoms with Gasteiger partial charge in [0.1, 0.15) is 12.2 Å². The lowest BCUT2D eigenvalue weighted by molar-refractivity contribution is -0.136. The van der Waals surface area contributed by atoms with Gasteiger partial charge < -0.3 is 9.47 Å². The van der Waals surface area contributed by atoms with Gasteiger partial charge in [-0.25, -0.2) is 4.79 Å². The topological polar surface area (TPSA) is 69.7 Å². The van der Waals surface area contributed by atoms with Crippen LogP contribution in [0.3, 0.4) is 0 Å². The number of carbonyl (C=O) groups excluding carboxylic acids is 3. The standard InChI is InChI=1S/C9H6O5/c1-13-6-2-5(10)7-4(8(6)11)3-14-9(7)12/h2H,3H2,1H3. The molecule has 0 aromatic carbocycles. The third-order valence-corrected chi connectivity index (χ3v) is 2.08. The summed E-state index contributed by atoms with van der Waals surface area (Å²) >= 11 is 0. The van der Waals surface area contributed by atoms with E-state index in [4.69, 9.17) is 4.74 Å². The molecule has 1 aliphatic carbocycles. The molecule has 0 aromatic rings. The van der Waals surface area contributed by atoms with Crippen molar-refractivity contribution in [2.75, 3.05) is 13.7 Å². The Balaban J connectivity index is 2.50. The van der Waals surface area contributed by atoms with Crippen LogP contribution in [0.2, 0.25) is 0 Å². The van der Waals surface area contributed by atoms with E-state index in [-0.39, 0.29) is 23.5 Å². The van der Waals surface area contributed by atoms with Gasteiger partial charge in [-0.15, -0.1) is 0 Å². The van der Waals surface area contributed by atoms with Crippen LogP contribution >= 0.6 is 0 Å². The lowest BCUT2D eigenvalue weighted by Gasteiger charge is -2.09. The molecule has 0 amide bonds. The van der Waals surface area contributed by atoms with Crippen LogP contribution in [0.4, 0.5) is 0 Å². The van der Waals surface area contributed by atoms with Crippen molar-refractivity contribution in [1.82, 2.24) is 0 Å². The summed E-state index contributed by atoms with van der Waals surface area (Å²) in [5.74, 6) is -1.76. The van der Waals surface area contributed by atoms with Gasteiger partial charge in [-0.1, -0.05) is 0 Å². The summed E-state index contributed by atoms with van der Waals surface area (Å²) in [5.41, 5.74) is -0.0600. The number of allylic oxidation sites excluding steroid dienone is 2. The van der Waals surface area contributed by atoms with E-state index in [1.165, 1.54) is 7.11 Å². The lowest BCUT2D eigenvalue weighted by atomic mass is 9.96. The van der Waals surface area contributed by atoms with Crippen LogP contribution in [-0.4, -0.2) is 31.3 Å². The van der Waals surface area contributed by atoms with Gasteiger partial charge in [-0.3, -0.25) is 9.59 Å². The second-order valence-electron chi connectivity index (χ2n) is 2.84. The fourth-order valence-electron chi connectivity index (χ4n) is 1.39. The average molecular weight is 194 g/mol. The zero-order chi connectivity index (χ0) is 10.3. The van der Waals surface area contributed by atoms with Crippen LogP contribution < -0.4 is 0 Å². The van der Waals surface area contributed by atoms with Gasteiger partial charge in [0.15, 0.2) is 11.5 Å². The minimum absolute atomic E-state index is 0.0490. The highest BCUT2D eigenvalue weighted by Gasteiger charge is 2.38. The van der Waals surface area contributed by atoms with Gasteiger partial charge >= 0.3 is 5.97 Å². The molecule has 2 aliphatic rings. The maximum Gasteiger partial charge on any atom is 0.343 e. The van der Waals surface area contributed by atoms with Gasteiger partial charge in [-0.2, -0.15) is 0 Å². The zero-order valence-electron chi connectivity index (χ0n) is 7.33. The SMILES string of the molecule is COC1=CC(=O)C2=C(COC2=O)C1=O. The number of ketones is 2. The molecule has 0 atom stereocenters. The molecular formula is C9H6O5. The summed E-state index contributed by atoms with van der Waals surface area (Å²) in [5, 5.41) is 0. The van der Waals surface area contributed by atoms with Crippen LogP contribution in [0, 0.1) is 0 Å². The van der Waals surface area contributed by atoms with Crippen LogP contribution in [0.25, 0.3) is 0 Å². The number of esters is 1. The third-order valence-electron chi connectivity index (χ3n) is 2.08. The second-order valence-corrected chi connectivity index (χ2v) is 2.84. The normalized spacial score (nSPS) is 20.6. The first-order valence-corrected chi connectivity index (χ1v) is 3.90. The van der Waals surface area contributed by atoms with E-state index < -0.39 is 17.5 Å². The summed E-state index contributed by atoms with van der Waals surface area (Å²) in [6.45, 7) is -0.139. The van der Waals surface area contributed by atoms with Gasteiger partial charge in [-0.05, 0) is 0 Å². The molecule has 2 rings (SSSR count). The number of carbonyl (C=O) groups is 3. The molecule has 0 saturated carbocycles. The van der Waals surface area contributed by atoms with Gasteiger partial charge in [0.25, 0.3) is 0 Å². The number of methoxy groups -OCH3 is 1. The highest BCUT2D eigenvalue weighted by Crippen LogP contribution is 2.25. The average Bonchev–Trinajstić information content (AvgIpc) is 2.54. The van der Waals surface area contributed by atoms with Crippen molar-refractivity contribution < 1.29 is 23.9 Å². The minimum atomic E-state index is -0.732. The largest absolute Gasteiger partial charge is 0.493 e. The number of cyclic esters (lactones) is 1. The minimum Gasteiger partial charge on any atom is -0.493 e. The summed E-state index contributed by atoms with van der Waals surface area (Å²) in [4.78, 5) is 33.9. The Bertz CT molecular complexity index is 413. The zero-order valence-corrected chi connectivity index (χ0v) is 7.33. The first-order chi connectivity index (χ1) is 6.65. The first kappa shape index (κ1) is 8.68. The van der Waals surface area contributed by atoms with E-state index in [1.54, 1.807) is 0 Å². The molecule has 0 spiro atoms. The molecule has 1 heterocycles. The highest BCUT2D eigenvalue weighted by atomic mass is 16.5. The van der Waals surface area contributed by atoms with Crippen LogP contribution in [-0.2, 0) is 23.9 Å². The smallest absolute Gasteiger partial charge is 0.343 e. The van der Waals surface area contributed by atoms with Crippen molar-refractivity contribution in [2.45, 2.75) is 0 Å². The number of rotatable bonds is 1. The van der Waals surface area contributed by atoms with Crippen molar-refractivity contribution in [3.63, 3.8) is 0 Å². The molecule has 0 aromatic heterocycles. The molecule has 1 aliphatic heterocycles. The third kappa shape index (κ3) is 0.985. The summed E-state index contributed by atoms with van der Waals surface area (Å²) in [7, 11) is 1.29. The van der Waals surface area contributed by atoms with Crippen LogP contribution in [0.5, 0.6) is 0 Å². The number of Topliss-reactive ketones (excluding diaryl/α,β-unsaturated/α-hetero) is 1. The first-order valence-electron chi connectivity index (χ1n) is 3.90. The van der Waals surface area contributed by atoms with E-state index in [0.717, 1.165) is 6.08 Å². The van der Waals surface area contributed by atoms with Gasteiger partial charge in [0, 0.05) is 6.08 Å². The van der Waals surface area contributed by atoms with Crippen molar-refractivity contribution in [2.24, 2.45) is 0 Å². The predicted octanol–water partition coefficient (Wildman–Crippen LogP) is -0.478. The Morgan fingerprint density at radius 3 is 2.71 bits per heavy atom. The quantitative estimate of drug-likeness (QED) is 0.320. The Morgan fingerprint density at radius 2 is 2.07 bits per heavy atom. The Morgan fingerprint density at radius 1 is 1.36 bits per heavy atom. The molecule has 5 heteroatoms. The van der Waals surface area contributed by atoms with Crippen molar-refractivity contribution in [3.8, 4) is 0 Å². The molecule has 5 nitrogen and oxygen atoms in total. The molecule has 0 N–H and O–H groups in total. The highest BCUT2D eigenvalue weighted by molar-refractivity contribution is 6.33. The maximum atomic E-state index is 11.5. The predicted molar refractivity (Wildman–Crippen MR) is 43.1 cm³/mol. The van der Waals surface area contributed by atoms with Gasteiger partial charge in [0.05, 0.1) is 12.7 Å². The fourth-order valence-corrected chi connectivity index (χ4v) is 1.39. The van der Waals surface area contributed by atoms with E-state index in [9.17, 15) is 14.4 Å². The number of ether oxygens (including phenoxy) is 2. The summed E-state index contributed by atoms with van der Waals surface area (Å²) < 4.78 is 9.30. The van der Waals surface area contributed by atoms with Crippen LogP contribution in [0.1, 0.15) is 0 Å². The summed E-state index contributed by atoms with van der Waals surface area (Å²) in [6.07, 6.45) is 1.01. The number of hydrogen-bond donors (Lipinski definition) is 0. The van der Waals surface area contributed by atoms with E-state index in [2.05, 4.69) is 4.74 Å². The lowest BCUT2D eigenvalue weighted by Crippen LogP contribution is -2.20.